The smallest absolute Gasteiger partial charge is 0.244 e. The maximum atomic E-state index is 12.5. The van der Waals surface area contributed by atoms with Gasteiger partial charge in [-0.25, -0.2) is 0 Å². The molecular weight excluding hydrogens is 228 g/mol. The van der Waals surface area contributed by atoms with E-state index in [9.17, 15) is 4.79 Å². The molecule has 1 atom stereocenters. The number of hydrogen-bond donors (Lipinski definition) is 1. The number of ether oxygens (including phenoxy) is 1. The van der Waals surface area contributed by atoms with Crippen molar-refractivity contribution >= 4 is 5.91 Å². The van der Waals surface area contributed by atoms with Crippen molar-refractivity contribution in [3.63, 3.8) is 0 Å². The van der Waals surface area contributed by atoms with Crippen LogP contribution in [-0.2, 0) is 9.53 Å². The van der Waals surface area contributed by atoms with Gasteiger partial charge in [0, 0.05) is 6.61 Å². The number of amides is 1. The van der Waals surface area contributed by atoms with Crippen LogP contribution in [0.25, 0.3) is 0 Å². The second-order valence-corrected chi connectivity index (χ2v) is 6.54. The fourth-order valence-corrected chi connectivity index (χ4v) is 2.85. The predicted octanol–water partition coefficient (Wildman–Crippen LogP) is 1.75. The van der Waals surface area contributed by atoms with Gasteiger partial charge >= 0.3 is 0 Å². The summed E-state index contributed by atoms with van der Waals surface area (Å²) in [4.78, 5) is 14.5. The SMILES string of the molecule is CCOC(C)(C)CN1C(=O)C2(CC2)NC1C(C)C. The number of nitrogens with one attached hydrogen (secondary N) is 1. The van der Waals surface area contributed by atoms with Crippen molar-refractivity contribution in [1.29, 1.82) is 0 Å². The molecular formula is C14H26N2O2. The molecule has 104 valence electrons. The summed E-state index contributed by atoms with van der Waals surface area (Å²) in [6.45, 7) is 11.8. The molecule has 18 heavy (non-hydrogen) atoms. The van der Waals surface area contributed by atoms with Crippen molar-refractivity contribution in [2.24, 2.45) is 5.92 Å². The minimum atomic E-state index is -0.278. The minimum Gasteiger partial charge on any atom is -0.374 e. The molecule has 4 nitrogen and oxygen atoms in total. The van der Waals surface area contributed by atoms with Gasteiger partial charge in [0.05, 0.1) is 23.9 Å². The Morgan fingerprint density at radius 2 is 2.11 bits per heavy atom. The molecule has 1 spiro atoms. The highest BCUT2D eigenvalue weighted by molar-refractivity contribution is 5.91. The maximum Gasteiger partial charge on any atom is 0.244 e. The molecule has 1 unspecified atom stereocenters. The summed E-state index contributed by atoms with van der Waals surface area (Å²) in [7, 11) is 0. The quantitative estimate of drug-likeness (QED) is 0.812. The van der Waals surface area contributed by atoms with Gasteiger partial charge in [-0.2, -0.15) is 0 Å². The van der Waals surface area contributed by atoms with E-state index in [-0.39, 0.29) is 23.2 Å². The first-order chi connectivity index (χ1) is 8.31. The van der Waals surface area contributed by atoms with Crippen LogP contribution in [0.4, 0.5) is 0 Å². The van der Waals surface area contributed by atoms with Crippen LogP contribution in [0, 0.1) is 5.92 Å². The number of rotatable bonds is 5. The van der Waals surface area contributed by atoms with Crippen molar-refractivity contribution in [3.8, 4) is 0 Å². The molecule has 1 saturated heterocycles. The zero-order chi connectivity index (χ0) is 13.6. The summed E-state index contributed by atoms with van der Waals surface area (Å²) in [5.41, 5.74) is -0.503. The molecule has 2 aliphatic rings. The zero-order valence-corrected chi connectivity index (χ0v) is 12.2. The molecule has 1 saturated carbocycles. The summed E-state index contributed by atoms with van der Waals surface area (Å²) in [6.07, 6.45) is 2.13. The molecule has 0 radical (unpaired) electrons. The first-order valence-corrected chi connectivity index (χ1v) is 7.04. The lowest BCUT2D eigenvalue weighted by atomic mass is 10.1. The molecule has 4 heteroatoms. The Morgan fingerprint density at radius 1 is 1.50 bits per heavy atom. The van der Waals surface area contributed by atoms with E-state index in [2.05, 4.69) is 33.0 Å². The molecule has 1 aliphatic heterocycles. The summed E-state index contributed by atoms with van der Waals surface area (Å²) in [6, 6.07) is 0. The largest absolute Gasteiger partial charge is 0.374 e. The standard InChI is InChI=1S/C14H26N2O2/c1-6-18-13(4,5)9-16-11(10(2)3)15-14(7-8-14)12(16)17/h10-11,15H,6-9H2,1-5H3. The van der Waals surface area contributed by atoms with Crippen LogP contribution in [0.5, 0.6) is 0 Å². The van der Waals surface area contributed by atoms with E-state index in [1.807, 2.05) is 11.8 Å². The maximum absolute atomic E-state index is 12.5. The monoisotopic (exact) mass is 254 g/mol. The fourth-order valence-electron chi connectivity index (χ4n) is 2.85. The van der Waals surface area contributed by atoms with Gasteiger partial charge in [0.15, 0.2) is 0 Å². The lowest BCUT2D eigenvalue weighted by Crippen LogP contribution is -2.48. The molecule has 1 amide bonds. The van der Waals surface area contributed by atoms with E-state index in [1.165, 1.54) is 0 Å². The average Bonchev–Trinajstić information content (AvgIpc) is 2.97. The molecule has 1 N–H and O–H groups in total. The van der Waals surface area contributed by atoms with Crippen molar-refractivity contribution in [2.45, 2.75) is 64.8 Å². The summed E-state index contributed by atoms with van der Waals surface area (Å²) in [5, 5.41) is 3.53. The Bertz CT molecular complexity index is 335. The van der Waals surface area contributed by atoms with E-state index < -0.39 is 0 Å². The Balaban J connectivity index is 2.11. The molecule has 1 aliphatic carbocycles. The van der Waals surface area contributed by atoms with Crippen LogP contribution in [0.15, 0.2) is 0 Å². The first kappa shape index (κ1) is 13.8. The van der Waals surface area contributed by atoms with Gasteiger partial charge in [-0.3, -0.25) is 10.1 Å². The van der Waals surface area contributed by atoms with Crippen LogP contribution in [0.2, 0.25) is 0 Å². The predicted molar refractivity (Wildman–Crippen MR) is 71.1 cm³/mol. The Morgan fingerprint density at radius 3 is 2.56 bits per heavy atom. The Labute approximate surface area is 110 Å². The number of hydrogen-bond acceptors (Lipinski definition) is 3. The van der Waals surface area contributed by atoms with Crippen molar-refractivity contribution < 1.29 is 9.53 Å². The Kier molecular flexibility index (Phi) is 3.45. The highest BCUT2D eigenvalue weighted by atomic mass is 16.5. The highest BCUT2D eigenvalue weighted by Gasteiger charge is 2.59. The van der Waals surface area contributed by atoms with Gasteiger partial charge in [-0.05, 0) is 39.5 Å². The van der Waals surface area contributed by atoms with Crippen LogP contribution in [0.3, 0.4) is 0 Å². The lowest BCUT2D eigenvalue weighted by Gasteiger charge is -2.34. The van der Waals surface area contributed by atoms with Gasteiger partial charge < -0.3 is 9.64 Å². The van der Waals surface area contributed by atoms with E-state index in [4.69, 9.17) is 4.74 Å². The summed E-state index contributed by atoms with van der Waals surface area (Å²) >= 11 is 0. The number of carbonyl (C=O) groups excluding carboxylic acids is 1. The van der Waals surface area contributed by atoms with E-state index in [0.717, 1.165) is 12.8 Å². The molecule has 2 rings (SSSR count). The van der Waals surface area contributed by atoms with Gasteiger partial charge in [-0.15, -0.1) is 0 Å². The van der Waals surface area contributed by atoms with E-state index >= 15 is 0 Å². The van der Waals surface area contributed by atoms with Gasteiger partial charge in [0.1, 0.15) is 0 Å². The highest BCUT2D eigenvalue weighted by Crippen LogP contribution is 2.43. The molecule has 0 bridgehead atoms. The van der Waals surface area contributed by atoms with Gasteiger partial charge in [0.25, 0.3) is 0 Å². The lowest BCUT2D eigenvalue weighted by molar-refractivity contribution is -0.135. The fraction of sp³-hybridized carbons (Fsp3) is 0.929. The third-order valence-electron chi connectivity index (χ3n) is 3.90. The normalized spacial score (nSPS) is 26.4. The molecule has 2 fully saturated rings. The number of nitrogens with zero attached hydrogens (tertiary/aromatic N) is 1. The third kappa shape index (κ3) is 2.41. The number of carbonyl (C=O) groups is 1. The van der Waals surface area contributed by atoms with Crippen LogP contribution < -0.4 is 5.32 Å². The van der Waals surface area contributed by atoms with Gasteiger partial charge in [-0.1, -0.05) is 13.8 Å². The molecule has 0 aromatic rings. The molecule has 1 heterocycles. The van der Waals surface area contributed by atoms with Crippen molar-refractivity contribution in [1.82, 2.24) is 10.2 Å². The molecule has 0 aromatic heterocycles. The summed E-state index contributed by atoms with van der Waals surface area (Å²) < 4.78 is 5.73. The summed E-state index contributed by atoms with van der Waals surface area (Å²) in [5.74, 6) is 0.695. The van der Waals surface area contributed by atoms with Crippen LogP contribution >= 0.6 is 0 Å². The Hall–Kier alpha value is -0.610. The second kappa shape index (κ2) is 4.49. The van der Waals surface area contributed by atoms with Crippen molar-refractivity contribution in [2.75, 3.05) is 13.2 Å². The van der Waals surface area contributed by atoms with Crippen molar-refractivity contribution in [3.05, 3.63) is 0 Å². The zero-order valence-electron chi connectivity index (χ0n) is 12.2. The minimum absolute atomic E-state index is 0.153. The van der Waals surface area contributed by atoms with E-state index in [1.54, 1.807) is 0 Å². The third-order valence-corrected chi connectivity index (χ3v) is 3.90. The van der Waals surface area contributed by atoms with Crippen LogP contribution in [0.1, 0.15) is 47.5 Å². The average molecular weight is 254 g/mol. The first-order valence-electron chi connectivity index (χ1n) is 7.04. The van der Waals surface area contributed by atoms with E-state index in [0.29, 0.717) is 19.1 Å². The second-order valence-electron chi connectivity index (χ2n) is 6.54. The van der Waals surface area contributed by atoms with Crippen LogP contribution in [-0.4, -0.2) is 41.3 Å². The molecule has 0 aromatic carbocycles. The topological polar surface area (TPSA) is 41.6 Å². The van der Waals surface area contributed by atoms with Gasteiger partial charge in [0.2, 0.25) is 5.91 Å².